The van der Waals surface area contributed by atoms with Crippen LogP contribution < -0.4 is 10.6 Å². The molecule has 4 heteroatoms. The number of amides is 1. The van der Waals surface area contributed by atoms with Crippen molar-refractivity contribution in [3.8, 4) is 0 Å². The molecular weight excluding hydrogens is 220 g/mol. The molecule has 1 amide bonds. The number of thioether (sulfide) groups is 1. The van der Waals surface area contributed by atoms with Crippen molar-refractivity contribution < 1.29 is 4.79 Å². The molecule has 3 unspecified atom stereocenters. The molecule has 1 aliphatic rings. The van der Waals surface area contributed by atoms with Crippen molar-refractivity contribution in [1.29, 1.82) is 0 Å². The zero-order chi connectivity index (χ0) is 12.0. The quantitative estimate of drug-likeness (QED) is 0.772. The minimum Gasteiger partial charge on any atom is -0.352 e. The van der Waals surface area contributed by atoms with Gasteiger partial charge in [-0.2, -0.15) is 11.8 Å². The Hall–Kier alpha value is -0.220. The molecule has 0 bridgehead atoms. The number of rotatable bonds is 5. The summed E-state index contributed by atoms with van der Waals surface area (Å²) in [5.74, 6) is 1.95. The van der Waals surface area contributed by atoms with E-state index in [9.17, 15) is 4.79 Å². The fraction of sp³-hybridized carbons (Fsp3) is 0.917. The minimum absolute atomic E-state index is 0.0282. The molecule has 0 aromatic carbocycles. The van der Waals surface area contributed by atoms with E-state index < -0.39 is 0 Å². The predicted molar refractivity (Wildman–Crippen MR) is 70.8 cm³/mol. The van der Waals surface area contributed by atoms with Gasteiger partial charge in [0.2, 0.25) is 5.91 Å². The van der Waals surface area contributed by atoms with Crippen molar-refractivity contribution in [2.75, 3.05) is 18.6 Å². The molecule has 2 N–H and O–H groups in total. The summed E-state index contributed by atoms with van der Waals surface area (Å²) >= 11 is 1.83. The molecule has 16 heavy (non-hydrogen) atoms. The van der Waals surface area contributed by atoms with E-state index in [0.717, 1.165) is 25.1 Å². The third kappa shape index (κ3) is 4.74. The lowest BCUT2D eigenvalue weighted by molar-refractivity contribution is -0.124. The second-order valence-electron chi connectivity index (χ2n) is 4.83. The summed E-state index contributed by atoms with van der Waals surface area (Å²) in [4.78, 5) is 11.9. The van der Waals surface area contributed by atoms with Crippen LogP contribution in [0, 0.1) is 5.92 Å². The second-order valence-corrected chi connectivity index (χ2v) is 5.81. The van der Waals surface area contributed by atoms with E-state index in [-0.39, 0.29) is 11.9 Å². The number of hydrogen-bond donors (Lipinski definition) is 2. The van der Waals surface area contributed by atoms with E-state index in [1.54, 1.807) is 0 Å². The largest absolute Gasteiger partial charge is 0.352 e. The fourth-order valence-corrected chi connectivity index (χ4v) is 2.61. The van der Waals surface area contributed by atoms with Gasteiger partial charge in [0.15, 0.2) is 0 Å². The maximum absolute atomic E-state index is 11.9. The van der Waals surface area contributed by atoms with Crippen LogP contribution in [0.3, 0.4) is 0 Å². The van der Waals surface area contributed by atoms with E-state index in [0.29, 0.717) is 12.0 Å². The van der Waals surface area contributed by atoms with Crippen LogP contribution in [0.15, 0.2) is 0 Å². The van der Waals surface area contributed by atoms with Gasteiger partial charge in [0.25, 0.3) is 0 Å². The molecule has 3 atom stereocenters. The molecule has 0 spiro atoms. The Balaban J connectivity index is 2.27. The molecule has 1 aliphatic heterocycles. The van der Waals surface area contributed by atoms with E-state index in [1.165, 1.54) is 6.42 Å². The highest BCUT2D eigenvalue weighted by atomic mass is 32.2. The van der Waals surface area contributed by atoms with Crippen LogP contribution in [0.25, 0.3) is 0 Å². The van der Waals surface area contributed by atoms with Crippen molar-refractivity contribution in [3.05, 3.63) is 0 Å². The zero-order valence-electron chi connectivity index (χ0n) is 10.6. The maximum Gasteiger partial charge on any atom is 0.237 e. The number of hydrogen-bond acceptors (Lipinski definition) is 3. The molecular formula is C12H24N2OS. The third-order valence-electron chi connectivity index (χ3n) is 3.13. The molecule has 0 radical (unpaired) electrons. The fourth-order valence-electron chi connectivity index (χ4n) is 2.02. The lowest BCUT2D eigenvalue weighted by Gasteiger charge is -2.28. The average Bonchev–Trinajstić information content (AvgIpc) is 2.26. The van der Waals surface area contributed by atoms with Gasteiger partial charge in [0, 0.05) is 6.04 Å². The average molecular weight is 244 g/mol. The van der Waals surface area contributed by atoms with Crippen LogP contribution in [-0.4, -0.2) is 36.5 Å². The van der Waals surface area contributed by atoms with Gasteiger partial charge in [-0.25, -0.2) is 0 Å². The van der Waals surface area contributed by atoms with Gasteiger partial charge < -0.3 is 10.6 Å². The molecule has 1 rings (SSSR count). The first kappa shape index (κ1) is 13.8. The molecule has 3 nitrogen and oxygen atoms in total. The van der Waals surface area contributed by atoms with Crippen LogP contribution in [0.1, 0.15) is 33.1 Å². The Bertz CT molecular complexity index is 223. The predicted octanol–water partition coefficient (Wildman–Crippen LogP) is 1.63. The summed E-state index contributed by atoms with van der Waals surface area (Å²) in [6.07, 6.45) is 5.31. The molecule has 0 aliphatic carbocycles. The molecule has 0 saturated carbocycles. The summed E-state index contributed by atoms with van der Waals surface area (Å²) in [6.45, 7) is 5.27. The van der Waals surface area contributed by atoms with Crippen molar-refractivity contribution in [2.45, 2.75) is 45.2 Å². The topological polar surface area (TPSA) is 41.1 Å². The molecule has 0 aromatic heterocycles. The van der Waals surface area contributed by atoms with Gasteiger partial charge in [-0.1, -0.05) is 6.92 Å². The summed E-state index contributed by atoms with van der Waals surface area (Å²) < 4.78 is 0. The number of carbonyl (C=O) groups is 1. The molecule has 1 saturated heterocycles. The van der Waals surface area contributed by atoms with E-state index in [4.69, 9.17) is 0 Å². The van der Waals surface area contributed by atoms with Gasteiger partial charge in [-0.05, 0) is 50.7 Å². The standard InChI is InChI=1S/C12H24N2OS/c1-9-4-6-13-11(8-9)12(15)14-10(2)5-7-16-3/h9-11,13H,4-8H2,1-3H3,(H,14,15). The Kier molecular flexibility index (Phi) is 6.21. The van der Waals surface area contributed by atoms with E-state index in [2.05, 4.69) is 30.7 Å². The van der Waals surface area contributed by atoms with Crippen molar-refractivity contribution >= 4 is 17.7 Å². The first-order chi connectivity index (χ1) is 7.63. The maximum atomic E-state index is 11.9. The lowest BCUT2D eigenvalue weighted by Crippen LogP contribution is -2.50. The van der Waals surface area contributed by atoms with Crippen molar-refractivity contribution in [3.63, 3.8) is 0 Å². The summed E-state index contributed by atoms with van der Waals surface area (Å²) in [5.41, 5.74) is 0. The van der Waals surface area contributed by atoms with Crippen molar-refractivity contribution in [2.24, 2.45) is 5.92 Å². The molecule has 94 valence electrons. The van der Waals surface area contributed by atoms with Crippen LogP contribution >= 0.6 is 11.8 Å². The van der Waals surface area contributed by atoms with Crippen LogP contribution in [0.2, 0.25) is 0 Å². The zero-order valence-corrected chi connectivity index (χ0v) is 11.4. The highest BCUT2D eigenvalue weighted by Gasteiger charge is 2.24. The van der Waals surface area contributed by atoms with Gasteiger partial charge in [0.1, 0.15) is 0 Å². The number of carbonyl (C=O) groups excluding carboxylic acids is 1. The Labute approximate surface area is 103 Å². The molecule has 1 fully saturated rings. The van der Waals surface area contributed by atoms with Gasteiger partial charge >= 0.3 is 0 Å². The number of nitrogens with one attached hydrogen (secondary N) is 2. The van der Waals surface area contributed by atoms with Crippen molar-refractivity contribution in [1.82, 2.24) is 10.6 Å². The number of piperidine rings is 1. The third-order valence-corrected chi connectivity index (χ3v) is 3.77. The molecule has 1 heterocycles. The summed E-state index contributed by atoms with van der Waals surface area (Å²) in [7, 11) is 0. The second kappa shape index (κ2) is 7.17. The van der Waals surface area contributed by atoms with Gasteiger partial charge in [0.05, 0.1) is 6.04 Å². The molecule has 0 aromatic rings. The van der Waals surface area contributed by atoms with E-state index >= 15 is 0 Å². The first-order valence-electron chi connectivity index (χ1n) is 6.16. The van der Waals surface area contributed by atoms with Crippen LogP contribution in [0.5, 0.6) is 0 Å². The van der Waals surface area contributed by atoms with Crippen LogP contribution in [0.4, 0.5) is 0 Å². The Morgan fingerprint density at radius 2 is 2.38 bits per heavy atom. The monoisotopic (exact) mass is 244 g/mol. The Morgan fingerprint density at radius 1 is 1.62 bits per heavy atom. The van der Waals surface area contributed by atoms with Gasteiger partial charge in [-0.3, -0.25) is 4.79 Å². The summed E-state index contributed by atoms with van der Waals surface area (Å²) in [5, 5.41) is 6.38. The van der Waals surface area contributed by atoms with Gasteiger partial charge in [-0.15, -0.1) is 0 Å². The Morgan fingerprint density at radius 3 is 3.00 bits per heavy atom. The van der Waals surface area contributed by atoms with E-state index in [1.807, 2.05) is 11.8 Å². The highest BCUT2D eigenvalue weighted by Crippen LogP contribution is 2.15. The first-order valence-corrected chi connectivity index (χ1v) is 7.55. The van der Waals surface area contributed by atoms with Crippen LogP contribution in [-0.2, 0) is 4.79 Å². The SMILES string of the molecule is CSCCC(C)NC(=O)C1CC(C)CCN1. The highest BCUT2D eigenvalue weighted by molar-refractivity contribution is 7.98. The normalized spacial score (nSPS) is 27.4. The summed E-state index contributed by atoms with van der Waals surface area (Å²) in [6, 6.07) is 0.319. The minimum atomic E-state index is 0.0282. The lowest BCUT2D eigenvalue weighted by atomic mass is 9.94. The smallest absolute Gasteiger partial charge is 0.237 e.